The number of aromatic carboxylic acids is 1. The molecule has 2 rings (SSSR count). The molecular formula is C12H7FN2O5S. The van der Waals surface area contributed by atoms with E-state index in [2.05, 4.69) is 5.32 Å². The first-order chi connectivity index (χ1) is 9.88. The molecule has 0 aliphatic heterocycles. The van der Waals surface area contributed by atoms with E-state index in [0.717, 1.165) is 18.2 Å². The molecule has 1 heterocycles. The molecule has 0 saturated carbocycles. The lowest BCUT2D eigenvalue weighted by Gasteiger charge is -2.07. The number of carboxylic acid groups (broad SMARTS) is 1. The van der Waals surface area contributed by atoms with Crippen molar-refractivity contribution in [3.8, 4) is 0 Å². The summed E-state index contributed by atoms with van der Waals surface area (Å²) in [6, 6.07) is 5.30. The maximum Gasteiger partial charge on any atom is 0.337 e. The van der Waals surface area contributed by atoms with Gasteiger partial charge in [-0.25, -0.2) is 9.18 Å². The zero-order valence-corrected chi connectivity index (χ0v) is 11.0. The number of nitro groups is 1. The molecule has 0 atom stereocenters. The lowest BCUT2D eigenvalue weighted by atomic mass is 10.1. The van der Waals surface area contributed by atoms with Gasteiger partial charge in [0.1, 0.15) is 5.82 Å². The van der Waals surface area contributed by atoms with Gasteiger partial charge in [0.05, 0.1) is 21.1 Å². The highest BCUT2D eigenvalue weighted by Gasteiger charge is 2.18. The second kappa shape index (κ2) is 5.67. The summed E-state index contributed by atoms with van der Waals surface area (Å²) in [7, 11) is 0. The van der Waals surface area contributed by atoms with Gasteiger partial charge >= 0.3 is 11.0 Å². The van der Waals surface area contributed by atoms with Crippen molar-refractivity contribution >= 4 is 33.9 Å². The van der Waals surface area contributed by atoms with Gasteiger partial charge in [0.15, 0.2) is 0 Å². The Morgan fingerprint density at radius 2 is 2.00 bits per heavy atom. The molecule has 0 unspecified atom stereocenters. The Balaban J connectivity index is 2.27. The van der Waals surface area contributed by atoms with Crippen LogP contribution in [-0.4, -0.2) is 21.9 Å². The maximum atomic E-state index is 13.0. The maximum absolute atomic E-state index is 13.0. The number of benzene rings is 1. The predicted octanol–water partition coefficient (Wildman–Crippen LogP) is 2.75. The number of thiophene rings is 1. The van der Waals surface area contributed by atoms with Crippen LogP contribution in [0.3, 0.4) is 0 Å². The van der Waals surface area contributed by atoms with Crippen molar-refractivity contribution in [3.63, 3.8) is 0 Å². The number of hydrogen-bond donors (Lipinski definition) is 2. The quantitative estimate of drug-likeness (QED) is 0.666. The van der Waals surface area contributed by atoms with Crippen LogP contribution in [0.15, 0.2) is 30.3 Å². The van der Waals surface area contributed by atoms with E-state index in [-0.39, 0.29) is 15.6 Å². The van der Waals surface area contributed by atoms with E-state index in [1.807, 2.05) is 0 Å². The summed E-state index contributed by atoms with van der Waals surface area (Å²) in [4.78, 5) is 32.8. The fourth-order valence-corrected chi connectivity index (χ4v) is 2.25. The highest BCUT2D eigenvalue weighted by molar-refractivity contribution is 7.17. The molecule has 0 spiro atoms. The molecule has 1 amide bonds. The Kier molecular flexibility index (Phi) is 3.94. The zero-order chi connectivity index (χ0) is 15.6. The van der Waals surface area contributed by atoms with Crippen molar-refractivity contribution in [3.05, 3.63) is 56.7 Å². The third-order valence-electron chi connectivity index (χ3n) is 2.46. The summed E-state index contributed by atoms with van der Waals surface area (Å²) in [6.07, 6.45) is 0. The standard InChI is InChI=1S/C12H7FN2O5S/c13-6-1-2-8(7(5-6)12(17)18)14-11(16)9-3-4-10(21-9)15(19)20/h1-5H,(H,14,16)(H,17,18). The van der Waals surface area contributed by atoms with E-state index < -0.39 is 28.2 Å². The highest BCUT2D eigenvalue weighted by Crippen LogP contribution is 2.25. The minimum atomic E-state index is -1.40. The van der Waals surface area contributed by atoms with Gasteiger partial charge < -0.3 is 10.4 Å². The van der Waals surface area contributed by atoms with Crippen LogP contribution in [0.1, 0.15) is 20.0 Å². The molecule has 7 nitrogen and oxygen atoms in total. The van der Waals surface area contributed by atoms with Gasteiger partial charge in [-0.1, -0.05) is 11.3 Å². The van der Waals surface area contributed by atoms with E-state index in [4.69, 9.17) is 5.11 Å². The normalized spacial score (nSPS) is 10.1. The van der Waals surface area contributed by atoms with Crippen LogP contribution < -0.4 is 5.32 Å². The Morgan fingerprint density at radius 1 is 1.29 bits per heavy atom. The summed E-state index contributed by atoms with van der Waals surface area (Å²) in [5.74, 6) is -2.86. The van der Waals surface area contributed by atoms with E-state index in [1.165, 1.54) is 12.1 Å². The molecule has 108 valence electrons. The zero-order valence-electron chi connectivity index (χ0n) is 10.2. The Bertz CT molecular complexity index is 743. The molecule has 0 radical (unpaired) electrons. The van der Waals surface area contributed by atoms with Crippen molar-refractivity contribution in [2.75, 3.05) is 5.32 Å². The van der Waals surface area contributed by atoms with Crippen molar-refractivity contribution in [1.29, 1.82) is 0 Å². The summed E-state index contributed by atoms with van der Waals surface area (Å²) >= 11 is 0.653. The van der Waals surface area contributed by atoms with Crippen LogP contribution in [-0.2, 0) is 0 Å². The molecule has 9 heteroatoms. The summed E-state index contributed by atoms with van der Waals surface area (Å²) in [5.41, 5.74) is -0.501. The van der Waals surface area contributed by atoms with E-state index >= 15 is 0 Å². The largest absolute Gasteiger partial charge is 0.478 e. The number of nitrogens with one attached hydrogen (secondary N) is 1. The first-order valence-corrected chi connectivity index (χ1v) is 6.28. The number of rotatable bonds is 4. The van der Waals surface area contributed by atoms with Gasteiger partial charge in [-0.2, -0.15) is 0 Å². The van der Waals surface area contributed by atoms with Crippen LogP contribution >= 0.6 is 11.3 Å². The fourth-order valence-electron chi connectivity index (χ4n) is 1.53. The van der Waals surface area contributed by atoms with Gasteiger partial charge in [-0.05, 0) is 24.3 Å². The molecule has 2 aromatic rings. The average molecular weight is 310 g/mol. The molecule has 21 heavy (non-hydrogen) atoms. The van der Waals surface area contributed by atoms with Crippen LogP contribution in [0.25, 0.3) is 0 Å². The smallest absolute Gasteiger partial charge is 0.337 e. The number of halogens is 1. The minimum absolute atomic E-state index is 0.0439. The minimum Gasteiger partial charge on any atom is -0.478 e. The van der Waals surface area contributed by atoms with Crippen molar-refractivity contribution < 1.29 is 24.0 Å². The summed E-state index contributed by atoms with van der Waals surface area (Å²) < 4.78 is 13.0. The number of nitrogens with zero attached hydrogens (tertiary/aromatic N) is 1. The van der Waals surface area contributed by atoms with Gasteiger partial charge in [-0.3, -0.25) is 14.9 Å². The molecule has 1 aromatic carbocycles. The Hall–Kier alpha value is -2.81. The van der Waals surface area contributed by atoms with Crippen LogP contribution in [0.2, 0.25) is 0 Å². The highest BCUT2D eigenvalue weighted by atomic mass is 32.1. The molecule has 1 aromatic heterocycles. The first kappa shape index (κ1) is 14.6. The Morgan fingerprint density at radius 3 is 2.57 bits per heavy atom. The van der Waals surface area contributed by atoms with Crippen molar-refractivity contribution in [1.82, 2.24) is 0 Å². The Labute approximate surface area is 120 Å². The van der Waals surface area contributed by atoms with Crippen LogP contribution in [0.4, 0.5) is 15.1 Å². The van der Waals surface area contributed by atoms with Gasteiger partial charge in [0.25, 0.3) is 5.91 Å². The number of carboxylic acids is 1. The number of amides is 1. The fraction of sp³-hybridized carbons (Fsp3) is 0. The average Bonchev–Trinajstić information content (AvgIpc) is 2.90. The van der Waals surface area contributed by atoms with Gasteiger partial charge in [0, 0.05) is 6.07 Å². The van der Waals surface area contributed by atoms with E-state index in [0.29, 0.717) is 11.3 Å². The topological polar surface area (TPSA) is 110 Å². The first-order valence-electron chi connectivity index (χ1n) is 5.47. The van der Waals surface area contributed by atoms with Gasteiger partial charge in [0.2, 0.25) is 0 Å². The molecular weight excluding hydrogens is 303 g/mol. The predicted molar refractivity (Wildman–Crippen MR) is 72.3 cm³/mol. The molecule has 0 aliphatic carbocycles. The second-order valence-electron chi connectivity index (χ2n) is 3.84. The molecule has 0 bridgehead atoms. The number of carbonyl (C=O) groups excluding carboxylic acids is 1. The summed E-state index contributed by atoms with van der Waals surface area (Å²) in [5, 5.41) is 21.6. The lowest BCUT2D eigenvalue weighted by Crippen LogP contribution is -2.13. The third-order valence-corrected chi connectivity index (χ3v) is 3.49. The molecule has 0 aliphatic rings. The van der Waals surface area contributed by atoms with Crippen LogP contribution in [0.5, 0.6) is 0 Å². The van der Waals surface area contributed by atoms with Crippen molar-refractivity contribution in [2.24, 2.45) is 0 Å². The van der Waals surface area contributed by atoms with Crippen molar-refractivity contribution in [2.45, 2.75) is 0 Å². The monoisotopic (exact) mass is 310 g/mol. The second-order valence-corrected chi connectivity index (χ2v) is 4.91. The molecule has 0 saturated heterocycles. The lowest BCUT2D eigenvalue weighted by molar-refractivity contribution is -0.380. The molecule has 2 N–H and O–H groups in total. The van der Waals surface area contributed by atoms with Gasteiger partial charge in [-0.15, -0.1) is 0 Å². The number of carbonyl (C=O) groups is 2. The number of hydrogen-bond acceptors (Lipinski definition) is 5. The van der Waals surface area contributed by atoms with Crippen LogP contribution in [0, 0.1) is 15.9 Å². The van der Waals surface area contributed by atoms with E-state index in [1.54, 1.807) is 0 Å². The SMILES string of the molecule is O=C(Nc1ccc(F)cc1C(=O)O)c1ccc([N+](=O)[O-])s1. The molecule has 0 fully saturated rings. The third kappa shape index (κ3) is 3.20. The van der Waals surface area contributed by atoms with E-state index in [9.17, 15) is 24.1 Å². The number of anilines is 1. The summed E-state index contributed by atoms with van der Waals surface area (Å²) in [6.45, 7) is 0.